The van der Waals surface area contributed by atoms with Crippen molar-refractivity contribution in [3.63, 3.8) is 0 Å². The van der Waals surface area contributed by atoms with Crippen LogP contribution < -0.4 is 5.32 Å². The monoisotopic (exact) mass is 381 g/mol. The van der Waals surface area contributed by atoms with Crippen LogP contribution in [0.3, 0.4) is 0 Å². The van der Waals surface area contributed by atoms with Crippen LogP contribution in [0.4, 0.5) is 11.4 Å². The molecule has 1 aliphatic heterocycles. The first kappa shape index (κ1) is 17.1. The fourth-order valence-corrected chi connectivity index (χ4v) is 5.42. The van der Waals surface area contributed by atoms with Crippen molar-refractivity contribution in [2.45, 2.75) is 19.4 Å². The molecule has 2 saturated carbocycles. The number of likely N-dealkylation sites (tertiary alicyclic amines) is 1. The van der Waals surface area contributed by atoms with E-state index in [-0.39, 0.29) is 46.9 Å². The number of nitrogens with zero attached hydrogens (tertiary/aromatic N) is 2. The summed E-state index contributed by atoms with van der Waals surface area (Å²) in [5, 5.41) is 13.5. The van der Waals surface area contributed by atoms with Crippen molar-refractivity contribution in [2.75, 3.05) is 5.32 Å². The number of amides is 3. The average molecular weight is 381 g/mol. The third-order valence-electron chi connectivity index (χ3n) is 6.79. The third-order valence-corrected chi connectivity index (χ3v) is 6.79. The molecule has 1 aromatic carbocycles. The Kier molecular flexibility index (Phi) is 3.50. The summed E-state index contributed by atoms with van der Waals surface area (Å²) in [4.78, 5) is 50.2. The number of nitro groups is 1. The predicted molar refractivity (Wildman–Crippen MR) is 97.7 cm³/mol. The lowest BCUT2D eigenvalue weighted by Gasteiger charge is -2.37. The largest absolute Gasteiger partial charge is 0.324 e. The molecule has 3 amide bonds. The van der Waals surface area contributed by atoms with Gasteiger partial charge in [-0.2, -0.15) is 0 Å². The van der Waals surface area contributed by atoms with Gasteiger partial charge in [-0.1, -0.05) is 18.2 Å². The Labute approximate surface area is 160 Å². The number of anilines is 1. The summed E-state index contributed by atoms with van der Waals surface area (Å²) in [5.41, 5.74) is 0.109. The first-order valence-electron chi connectivity index (χ1n) is 9.49. The van der Waals surface area contributed by atoms with Gasteiger partial charge in [0.25, 0.3) is 5.69 Å². The summed E-state index contributed by atoms with van der Waals surface area (Å²) < 4.78 is 0. The van der Waals surface area contributed by atoms with Gasteiger partial charge in [-0.3, -0.25) is 29.4 Å². The Hall–Kier alpha value is -3.03. The highest BCUT2D eigenvalue weighted by atomic mass is 16.6. The number of hydrogen-bond donors (Lipinski definition) is 1. The second-order valence-electron chi connectivity index (χ2n) is 8.17. The second kappa shape index (κ2) is 5.73. The highest BCUT2D eigenvalue weighted by Gasteiger charge is 2.67. The molecule has 28 heavy (non-hydrogen) atoms. The summed E-state index contributed by atoms with van der Waals surface area (Å²) in [6.45, 7) is 1.52. The highest BCUT2D eigenvalue weighted by molar-refractivity contribution is 6.10. The quantitative estimate of drug-likeness (QED) is 0.371. The summed E-state index contributed by atoms with van der Waals surface area (Å²) >= 11 is 0. The molecule has 0 aromatic heterocycles. The molecule has 8 nitrogen and oxygen atoms in total. The third kappa shape index (κ3) is 2.26. The summed E-state index contributed by atoms with van der Waals surface area (Å²) in [6.07, 6.45) is 5.25. The summed E-state index contributed by atoms with van der Waals surface area (Å²) in [5.74, 6) is -0.543. The standard InChI is InChI=1S/C20H19N3O5/c1-9(18(24)21-10-3-2-4-11(7-10)23(27)28)22-19(25)16-12-5-6-13(15-8-14(12)15)17(16)20(22)26/h2-7,9,12-17H,8H2,1H3,(H,21,24)/t9-,12+,13+,14-,15+,16-,17+/m1/s1. The van der Waals surface area contributed by atoms with Crippen LogP contribution in [0.1, 0.15) is 13.3 Å². The van der Waals surface area contributed by atoms with Gasteiger partial charge in [0.05, 0.1) is 16.8 Å². The van der Waals surface area contributed by atoms with E-state index in [9.17, 15) is 24.5 Å². The van der Waals surface area contributed by atoms with E-state index in [4.69, 9.17) is 0 Å². The molecule has 1 aromatic rings. The van der Waals surface area contributed by atoms with E-state index in [2.05, 4.69) is 17.5 Å². The molecule has 6 rings (SSSR count). The van der Waals surface area contributed by atoms with Crippen molar-refractivity contribution in [1.82, 2.24) is 4.90 Å². The molecule has 1 N–H and O–H groups in total. The molecular formula is C20H19N3O5. The number of allylic oxidation sites excluding steroid dienone is 2. The number of rotatable bonds is 4. The molecule has 1 saturated heterocycles. The van der Waals surface area contributed by atoms with Crippen LogP contribution in [0.25, 0.3) is 0 Å². The molecule has 8 heteroatoms. The zero-order valence-electron chi connectivity index (χ0n) is 15.1. The maximum Gasteiger partial charge on any atom is 0.271 e. The molecule has 7 atom stereocenters. The van der Waals surface area contributed by atoms with Gasteiger partial charge in [0, 0.05) is 17.8 Å². The minimum atomic E-state index is -0.972. The number of carbonyl (C=O) groups excluding carboxylic acids is 3. The fourth-order valence-electron chi connectivity index (χ4n) is 5.42. The van der Waals surface area contributed by atoms with Gasteiger partial charge < -0.3 is 5.32 Å². The van der Waals surface area contributed by atoms with E-state index in [1.54, 1.807) is 0 Å². The second-order valence-corrected chi connectivity index (χ2v) is 8.17. The molecule has 3 fully saturated rings. The van der Waals surface area contributed by atoms with E-state index in [0.717, 1.165) is 11.3 Å². The van der Waals surface area contributed by atoms with Crippen molar-refractivity contribution >= 4 is 29.1 Å². The molecular weight excluding hydrogens is 362 g/mol. The van der Waals surface area contributed by atoms with Gasteiger partial charge >= 0.3 is 0 Å². The molecule has 0 spiro atoms. The topological polar surface area (TPSA) is 110 Å². The van der Waals surface area contributed by atoms with E-state index in [0.29, 0.717) is 11.8 Å². The predicted octanol–water partition coefficient (Wildman–Crippen LogP) is 1.97. The van der Waals surface area contributed by atoms with Crippen molar-refractivity contribution in [3.8, 4) is 0 Å². The normalized spacial score (nSPS) is 35.4. The molecule has 144 valence electrons. The Morgan fingerprint density at radius 1 is 1.18 bits per heavy atom. The van der Waals surface area contributed by atoms with Crippen molar-refractivity contribution in [3.05, 3.63) is 46.5 Å². The first-order valence-corrected chi connectivity index (χ1v) is 9.49. The Morgan fingerprint density at radius 3 is 2.36 bits per heavy atom. The number of hydrogen-bond acceptors (Lipinski definition) is 5. The van der Waals surface area contributed by atoms with Crippen LogP contribution in [0, 0.1) is 45.6 Å². The Bertz CT molecular complexity index is 921. The van der Waals surface area contributed by atoms with Crippen molar-refractivity contribution in [2.24, 2.45) is 35.5 Å². The number of nitro benzene ring substituents is 1. The van der Waals surface area contributed by atoms with Gasteiger partial charge in [0.1, 0.15) is 6.04 Å². The lowest BCUT2D eigenvalue weighted by atomic mass is 9.63. The highest BCUT2D eigenvalue weighted by Crippen LogP contribution is 2.65. The average Bonchev–Trinajstić information content (AvgIpc) is 3.45. The number of imide groups is 1. The molecule has 4 aliphatic carbocycles. The van der Waals surface area contributed by atoms with Gasteiger partial charge in [0.2, 0.25) is 17.7 Å². The SMILES string of the molecule is C[C@H](C(=O)Nc1cccc([N+](=O)[O-])c1)N1C(=O)[C@@H]2[C@H]3C=C[C@@H]([C@@H]4C[C@H]34)[C@@H]2C1=O. The number of carbonyl (C=O) groups is 3. The minimum Gasteiger partial charge on any atom is -0.324 e. The van der Waals surface area contributed by atoms with Gasteiger partial charge in [-0.05, 0) is 43.1 Å². The van der Waals surface area contributed by atoms with Crippen molar-refractivity contribution < 1.29 is 19.3 Å². The molecule has 5 aliphatic rings. The Balaban J connectivity index is 1.36. The van der Waals surface area contributed by atoms with Crippen LogP contribution in [-0.2, 0) is 14.4 Å². The van der Waals surface area contributed by atoms with E-state index >= 15 is 0 Å². The number of non-ortho nitro benzene ring substituents is 1. The molecule has 1 heterocycles. The summed E-state index contributed by atoms with van der Waals surface area (Å²) in [7, 11) is 0. The summed E-state index contributed by atoms with van der Waals surface area (Å²) in [6, 6.07) is 4.60. The van der Waals surface area contributed by atoms with E-state index in [1.165, 1.54) is 31.2 Å². The van der Waals surface area contributed by atoms with Crippen LogP contribution >= 0.6 is 0 Å². The fraction of sp³-hybridized carbons (Fsp3) is 0.450. The van der Waals surface area contributed by atoms with Crippen LogP contribution in [0.2, 0.25) is 0 Å². The smallest absolute Gasteiger partial charge is 0.271 e. The maximum absolute atomic E-state index is 13.0. The van der Waals surface area contributed by atoms with Crippen LogP contribution in [0.5, 0.6) is 0 Å². The zero-order valence-corrected chi connectivity index (χ0v) is 15.1. The lowest BCUT2D eigenvalue weighted by molar-refractivity contribution is -0.384. The van der Waals surface area contributed by atoms with Crippen LogP contribution in [-0.4, -0.2) is 33.6 Å². The van der Waals surface area contributed by atoms with E-state index < -0.39 is 16.9 Å². The molecule has 2 bridgehead atoms. The van der Waals surface area contributed by atoms with Crippen LogP contribution in [0.15, 0.2) is 36.4 Å². The molecule has 0 radical (unpaired) electrons. The van der Waals surface area contributed by atoms with Crippen molar-refractivity contribution in [1.29, 1.82) is 0 Å². The zero-order chi connectivity index (χ0) is 19.7. The lowest BCUT2D eigenvalue weighted by Crippen LogP contribution is -2.46. The van der Waals surface area contributed by atoms with Gasteiger partial charge in [-0.15, -0.1) is 0 Å². The minimum absolute atomic E-state index is 0.105. The molecule has 0 unspecified atom stereocenters. The van der Waals surface area contributed by atoms with Gasteiger partial charge in [0.15, 0.2) is 0 Å². The number of nitrogens with one attached hydrogen (secondary N) is 1. The first-order chi connectivity index (χ1) is 13.4. The van der Waals surface area contributed by atoms with E-state index in [1.807, 2.05) is 0 Å². The number of benzene rings is 1. The Morgan fingerprint density at radius 2 is 1.79 bits per heavy atom. The maximum atomic E-state index is 13.0. The van der Waals surface area contributed by atoms with Gasteiger partial charge in [-0.25, -0.2) is 0 Å².